The molecule has 3 heterocycles. The van der Waals surface area contributed by atoms with Crippen LogP contribution in [0.25, 0.3) is 5.65 Å². The Balaban J connectivity index is 1.75. The lowest BCUT2D eigenvalue weighted by atomic mass is 10.1. The Labute approximate surface area is 115 Å². The zero-order chi connectivity index (χ0) is 12.5. The minimum atomic E-state index is 0.714. The van der Waals surface area contributed by atoms with E-state index in [0.29, 0.717) is 5.92 Å². The van der Waals surface area contributed by atoms with E-state index in [1.54, 1.807) is 0 Å². The van der Waals surface area contributed by atoms with Gasteiger partial charge in [0.25, 0.3) is 0 Å². The molecule has 1 aliphatic heterocycles. The number of likely N-dealkylation sites (tertiary alicyclic amines) is 1. The number of aromatic nitrogens is 3. The molecule has 96 valence electrons. The normalized spacial score (nSPS) is 20.9. The quantitative estimate of drug-likeness (QED) is 0.873. The van der Waals surface area contributed by atoms with E-state index >= 15 is 0 Å². The number of pyridine rings is 1. The fourth-order valence-electron chi connectivity index (χ4n) is 2.62. The lowest BCUT2D eigenvalue weighted by Gasteiger charge is -2.11. The molecule has 2 aromatic rings. The Kier molecular flexibility index (Phi) is 3.35. The second kappa shape index (κ2) is 4.97. The molecule has 0 aromatic carbocycles. The molecule has 0 N–H and O–H groups in total. The van der Waals surface area contributed by atoms with Gasteiger partial charge < -0.3 is 4.90 Å². The van der Waals surface area contributed by atoms with Gasteiger partial charge in [-0.2, -0.15) is 5.10 Å². The van der Waals surface area contributed by atoms with Gasteiger partial charge in [0.15, 0.2) is 11.5 Å². The zero-order valence-electron chi connectivity index (χ0n) is 10.5. The van der Waals surface area contributed by atoms with Crippen molar-refractivity contribution < 1.29 is 0 Å². The van der Waals surface area contributed by atoms with E-state index in [2.05, 4.69) is 37.8 Å². The number of nitrogens with zero attached hydrogens (tertiary/aromatic N) is 4. The molecule has 18 heavy (non-hydrogen) atoms. The Morgan fingerprint density at radius 1 is 1.44 bits per heavy atom. The molecule has 0 amide bonds. The molecule has 1 aliphatic rings. The molecule has 1 atom stereocenters. The highest BCUT2D eigenvalue weighted by Gasteiger charge is 2.22. The van der Waals surface area contributed by atoms with Crippen molar-refractivity contribution in [1.29, 1.82) is 0 Å². The highest BCUT2D eigenvalue weighted by Crippen LogP contribution is 2.19. The van der Waals surface area contributed by atoms with Gasteiger partial charge >= 0.3 is 0 Å². The molecule has 1 fully saturated rings. The summed E-state index contributed by atoms with van der Waals surface area (Å²) in [5.41, 5.74) is 0.929. The van der Waals surface area contributed by atoms with Crippen molar-refractivity contribution in [2.24, 2.45) is 5.92 Å². The molecule has 0 spiro atoms. The molecule has 0 saturated carbocycles. The average Bonchev–Trinajstić information content (AvgIpc) is 2.95. The van der Waals surface area contributed by atoms with E-state index in [0.717, 1.165) is 28.9 Å². The van der Waals surface area contributed by atoms with Gasteiger partial charge in [-0.25, -0.2) is 9.50 Å². The lowest BCUT2D eigenvalue weighted by molar-refractivity contribution is 0.341. The van der Waals surface area contributed by atoms with Crippen LogP contribution in [-0.4, -0.2) is 39.1 Å². The first-order valence-corrected chi connectivity index (χ1v) is 7.27. The summed E-state index contributed by atoms with van der Waals surface area (Å²) < 4.78 is 2.89. The molecular formula is C13H17BrN4. The first kappa shape index (κ1) is 12.1. The van der Waals surface area contributed by atoms with Crippen molar-refractivity contribution >= 4 is 21.6 Å². The number of halogens is 1. The average molecular weight is 309 g/mol. The molecule has 3 rings (SSSR count). The van der Waals surface area contributed by atoms with Crippen molar-refractivity contribution in [2.75, 3.05) is 19.6 Å². The Morgan fingerprint density at radius 2 is 2.33 bits per heavy atom. The molecule has 4 nitrogen and oxygen atoms in total. The first-order chi connectivity index (χ1) is 8.74. The molecule has 1 unspecified atom stereocenters. The molecule has 2 aromatic heterocycles. The summed E-state index contributed by atoms with van der Waals surface area (Å²) in [4.78, 5) is 7.08. The van der Waals surface area contributed by atoms with Crippen molar-refractivity contribution in [3.05, 3.63) is 28.6 Å². The topological polar surface area (TPSA) is 33.4 Å². The predicted octanol–water partition coefficient (Wildman–Crippen LogP) is 2.38. The number of fused-ring (bicyclic) bond motifs is 1. The van der Waals surface area contributed by atoms with E-state index in [1.165, 1.54) is 19.5 Å². The number of rotatable bonds is 3. The van der Waals surface area contributed by atoms with Crippen LogP contribution in [0.4, 0.5) is 0 Å². The molecule has 0 aliphatic carbocycles. The SMILES string of the molecule is CCN1CCC(Cc2nc3ccc(Br)cn3n2)C1. The lowest BCUT2D eigenvalue weighted by Crippen LogP contribution is -2.20. The summed E-state index contributed by atoms with van der Waals surface area (Å²) >= 11 is 3.45. The van der Waals surface area contributed by atoms with Gasteiger partial charge in [-0.05, 0) is 53.5 Å². The minimum Gasteiger partial charge on any atom is -0.303 e. The van der Waals surface area contributed by atoms with E-state index in [-0.39, 0.29) is 0 Å². The maximum Gasteiger partial charge on any atom is 0.155 e. The third-order valence-electron chi connectivity index (χ3n) is 3.63. The highest BCUT2D eigenvalue weighted by atomic mass is 79.9. The van der Waals surface area contributed by atoms with Gasteiger partial charge in [0, 0.05) is 23.6 Å². The second-order valence-electron chi connectivity index (χ2n) is 4.93. The largest absolute Gasteiger partial charge is 0.303 e. The van der Waals surface area contributed by atoms with Crippen LogP contribution >= 0.6 is 15.9 Å². The smallest absolute Gasteiger partial charge is 0.155 e. The van der Waals surface area contributed by atoms with Gasteiger partial charge in [0.1, 0.15) is 0 Å². The van der Waals surface area contributed by atoms with Gasteiger partial charge in [-0.1, -0.05) is 6.92 Å². The standard InChI is InChI=1S/C13H17BrN4/c1-2-17-6-5-10(8-17)7-12-15-13-4-3-11(14)9-18(13)16-12/h3-4,9-10H,2,5-8H2,1H3. The monoisotopic (exact) mass is 308 g/mol. The molecule has 0 bridgehead atoms. The zero-order valence-corrected chi connectivity index (χ0v) is 12.1. The van der Waals surface area contributed by atoms with Crippen LogP contribution in [0.1, 0.15) is 19.2 Å². The number of hydrogen-bond acceptors (Lipinski definition) is 3. The molecule has 5 heteroatoms. The van der Waals surface area contributed by atoms with Crippen molar-refractivity contribution in [1.82, 2.24) is 19.5 Å². The van der Waals surface area contributed by atoms with Crippen LogP contribution in [0.3, 0.4) is 0 Å². The van der Waals surface area contributed by atoms with E-state index < -0.39 is 0 Å². The van der Waals surface area contributed by atoms with Crippen molar-refractivity contribution in [3.8, 4) is 0 Å². The number of hydrogen-bond donors (Lipinski definition) is 0. The van der Waals surface area contributed by atoms with Crippen molar-refractivity contribution in [2.45, 2.75) is 19.8 Å². The molecular weight excluding hydrogens is 292 g/mol. The predicted molar refractivity (Wildman–Crippen MR) is 74.6 cm³/mol. The summed E-state index contributed by atoms with van der Waals surface area (Å²) in [6.07, 6.45) is 4.22. The molecule has 0 radical (unpaired) electrons. The fourth-order valence-corrected chi connectivity index (χ4v) is 2.94. The Bertz CT molecular complexity index is 551. The van der Waals surface area contributed by atoms with Crippen LogP contribution in [0.15, 0.2) is 22.8 Å². The summed E-state index contributed by atoms with van der Waals surface area (Å²) in [5, 5.41) is 4.54. The molecule has 1 saturated heterocycles. The third kappa shape index (κ3) is 2.42. The third-order valence-corrected chi connectivity index (χ3v) is 4.10. The van der Waals surface area contributed by atoms with E-state index in [9.17, 15) is 0 Å². The first-order valence-electron chi connectivity index (χ1n) is 6.48. The maximum absolute atomic E-state index is 4.58. The van der Waals surface area contributed by atoms with Crippen LogP contribution in [-0.2, 0) is 6.42 Å². The second-order valence-corrected chi connectivity index (χ2v) is 5.85. The van der Waals surface area contributed by atoms with Crippen LogP contribution in [0.2, 0.25) is 0 Å². The van der Waals surface area contributed by atoms with E-state index in [1.807, 2.05) is 22.8 Å². The Hall–Kier alpha value is -0.940. The Morgan fingerprint density at radius 3 is 3.11 bits per heavy atom. The fraction of sp³-hybridized carbons (Fsp3) is 0.538. The van der Waals surface area contributed by atoms with Crippen LogP contribution in [0, 0.1) is 5.92 Å². The van der Waals surface area contributed by atoms with Gasteiger partial charge in [0.2, 0.25) is 0 Å². The van der Waals surface area contributed by atoms with Crippen LogP contribution < -0.4 is 0 Å². The van der Waals surface area contributed by atoms with Gasteiger partial charge in [-0.3, -0.25) is 0 Å². The van der Waals surface area contributed by atoms with Crippen LogP contribution in [0.5, 0.6) is 0 Å². The van der Waals surface area contributed by atoms with Crippen molar-refractivity contribution in [3.63, 3.8) is 0 Å². The maximum atomic E-state index is 4.58. The summed E-state index contributed by atoms with van der Waals surface area (Å²) in [5.74, 6) is 1.68. The summed E-state index contributed by atoms with van der Waals surface area (Å²) in [6.45, 7) is 5.79. The van der Waals surface area contributed by atoms with E-state index in [4.69, 9.17) is 0 Å². The highest BCUT2D eigenvalue weighted by molar-refractivity contribution is 9.10. The van der Waals surface area contributed by atoms with Gasteiger partial charge in [0.05, 0.1) is 0 Å². The van der Waals surface area contributed by atoms with Gasteiger partial charge in [-0.15, -0.1) is 0 Å². The summed E-state index contributed by atoms with van der Waals surface area (Å²) in [7, 11) is 0. The summed E-state index contributed by atoms with van der Waals surface area (Å²) in [6, 6.07) is 4.00. The minimum absolute atomic E-state index is 0.714.